The molecule has 0 atom stereocenters. The SMILES string of the molecule is COc1ccc(C(=O)N2CCN(S(=O)(=O)c3cc4c5c(c3)CCC(=O)N5CCC4)CC2)cc1. The van der Waals surface area contributed by atoms with Gasteiger partial charge in [-0.25, -0.2) is 8.42 Å². The molecule has 0 bridgehead atoms. The van der Waals surface area contributed by atoms with Crippen LogP contribution in [0.3, 0.4) is 0 Å². The van der Waals surface area contributed by atoms with Gasteiger partial charge < -0.3 is 14.5 Å². The second kappa shape index (κ2) is 8.46. The molecule has 1 saturated heterocycles. The van der Waals surface area contributed by atoms with E-state index in [1.807, 2.05) is 4.90 Å². The fraction of sp³-hybridized carbons (Fsp3) is 0.417. The average molecular weight is 470 g/mol. The predicted molar refractivity (Wildman–Crippen MR) is 123 cm³/mol. The highest BCUT2D eigenvalue weighted by Crippen LogP contribution is 2.38. The van der Waals surface area contributed by atoms with Gasteiger partial charge in [0.05, 0.1) is 17.7 Å². The normalized spacial score (nSPS) is 18.8. The molecular weight excluding hydrogens is 442 g/mol. The van der Waals surface area contributed by atoms with Gasteiger partial charge in [0.1, 0.15) is 5.75 Å². The number of aryl methyl sites for hydroxylation is 2. The van der Waals surface area contributed by atoms with Gasteiger partial charge in [0.2, 0.25) is 15.9 Å². The molecule has 0 N–H and O–H groups in total. The van der Waals surface area contributed by atoms with Crippen molar-refractivity contribution in [3.8, 4) is 5.75 Å². The first-order chi connectivity index (χ1) is 15.9. The van der Waals surface area contributed by atoms with Crippen LogP contribution in [0.2, 0.25) is 0 Å². The number of anilines is 1. The van der Waals surface area contributed by atoms with E-state index in [0.717, 1.165) is 29.7 Å². The second-order valence-electron chi connectivity index (χ2n) is 8.66. The zero-order chi connectivity index (χ0) is 23.2. The molecule has 2 aromatic rings. The van der Waals surface area contributed by atoms with Crippen molar-refractivity contribution in [2.45, 2.75) is 30.6 Å². The molecule has 5 rings (SSSR count). The third-order valence-corrected chi connectivity index (χ3v) is 8.63. The number of carbonyl (C=O) groups is 2. The Balaban J connectivity index is 1.33. The van der Waals surface area contributed by atoms with Crippen LogP contribution in [-0.4, -0.2) is 69.3 Å². The third kappa shape index (κ3) is 3.89. The highest BCUT2D eigenvalue weighted by atomic mass is 32.2. The minimum Gasteiger partial charge on any atom is -0.497 e. The maximum atomic E-state index is 13.5. The van der Waals surface area contributed by atoms with Crippen LogP contribution in [0.25, 0.3) is 0 Å². The number of benzene rings is 2. The van der Waals surface area contributed by atoms with Crippen LogP contribution in [0, 0.1) is 0 Å². The molecule has 0 radical (unpaired) electrons. The Labute approximate surface area is 193 Å². The van der Waals surface area contributed by atoms with Crippen molar-refractivity contribution in [3.63, 3.8) is 0 Å². The van der Waals surface area contributed by atoms with Crippen molar-refractivity contribution in [2.75, 3.05) is 44.7 Å². The number of sulfonamides is 1. The molecule has 8 nitrogen and oxygen atoms in total. The van der Waals surface area contributed by atoms with E-state index in [0.29, 0.717) is 48.7 Å². The Bertz CT molecular complexity index is 1180. The molecule has 0 saturated carbocycles. The van der Waals surface area contributed by atoms with E-state index in [4.69, 9.17) is 4.74 Å². The van der Waals surface area contributed by atoms with E-state index < -0.39 is 10.0 Å². The quantitative estimate of drug-likeness (QED) is 0.684. The van der Waals surface area contributed by atoms with Gasteiger partial charge in [-0.05, 0) is 66.8 Å². The second-order valence-corrected chi connectivity index (χ2v) is 10.6. The summed E-state index contributed by atoms with van der Waals surface area (Å²) in [5.74, 6) is 0.688. The van der Waals surface area contributed by atoms with Crippen molar-refractivity contribution in [1.29, 1.82) is 0 Å². The van der Waals surface area contributed by atoms with Gasteiger partial charge in [0.25, 0.3) is 5.91 Å². The zero-order valence-electron chi connectivity index (χ0n) is 18.6. The first kappa shape index (κ1) is 21.9. The van der Waals surface area contributed by atoms with Crippen molar-refractivity contribution in [1.82, 2.24) is 9.21 Å². The summed E-state index contributed by atoms with van der Waals surface area (Å²) >= 11 is 0. The van der Waals surface area contributed by atoms with Gasteiger partial charge in [-0.15, -0.1) is 0 Å². The molecule has 1 fully saturated rings. The van der Waals surface area contributed by atoms with Crippen LogP contribution < -0.4 is 9.64 Å². The van der Waals surface area contributed by atoms with E-state index in [9.17, 15) is 18.0 Å². The number of nitrogens with zero attached hydrogens (tertiary/aromatic N) is 3. The molecule has 2 aromatic carbocycles. The summed E-state index contributed by atoms with van der Waals surface area (Å²) in [7, 11) is -2.11. The summed E-state index contributed by atoms with van der Waals surface area (Å²) in [6.07, 6.45) is 2.61. The maximum Gasteiger partial charge on any atom is 0.253 e. The summed E-state index contributed by atoms with van der Waals surface area (Å²) in [5, 5.41) is 0. The number of ether oxygens (including phenoxy) is 1. The minimum absolute atomic E-state index is 0.113. The zero-order valence-corrected chi connectivity index (χ0v) is 19.4. The molecule has 0 aliphatic carbocycles. The van der Waals surface area contributed by atoms with Gasteiger partial charge in [-0.2, -0.15) is 4.31 Å². The molecule has 3 aliphatic rings. The molecule has 9 heteroatoms. The molecule has 3 aliphatic heterocycles. The fourth-order valence-electron chi connectivity index (χ4n) is 4.97. The van der Waals surface area contributed by atoms with Crippen molar-refractivity contribution >= 4 is 27.5 Å². The van der Waals surface area contributed by atoms with Crippen LogP contribution >= 0.6 is 0 Å². The Kier molecular flexibility index (Phi) is 5.62. The van der Waals surface area contributed by atoms with Crippen LogP contribution in [0.4, 0.5) is 5.69 Å². The molecular formula is C24H27N3O5S. The lowest BCUT2D eigenvalue weighted by molar-refractivity contribution is -0.119. The summed E-state index contributed by atoms with van der Waals surface area (Å²) < 4.78 is 33.5. The summed E-state index contributed by atoms with van der Waals surface area (Å²) in [4.78, 5) is 28.9. The molecule has 33 heavy (non-hydrogen) atoms. The molecule has 0 spiro atoms. The highest BCUT2D eigenvalue weighted by molar-refractivity contribution is 7.89. The van der Waals surface area contributed by atoms with E-state index in [1.54, 1.807) is 48.4 Å². The van der Waals surface area contributed by atoms with Crippen LogP contribution in [0.15, 0.2) is 41.3 Å². The number of methoxy groups -OCH3 is 1. The van der Waals surface area contributed by atoms with E-state index in [1.165, 1.54) is 4.31 Å². The summed E-state index contributed by atoms with van der Waals surface area (Å²) in [6.45, 7) is 1.88. The smallest absolute Gasteiger partial charge is 0.253 e. The van der Waals surface area contributed by atoms with E-state index in [2.05, 4.69) is 0 Å². The maximum absolute atomic E-state index is 13.5. The number of amides is 2. The minimum atomic E-state index is -3.68. The standard InChI is InChI=1S/C24H27N3O5S/c1-32-20-7-4-17(5-8-20)24(29)25-11-13-26(14-12-25)33(30,31)21-15-18-3-2-10-27-22(28)9-6-19(16-21)23(18)27/h4-5,7-8,15-16H,2-3,6,9-14H2,1H3. The lowest BCUT2D eigenvalue weighted by atomic mass is 9.92. The molecule has 174 valence electrons. The van der Waals surface area contributed by atoms with Crippen molar-refractivity contribution < 1.29 is 22.7 Å². The Morgan fingerprint density at radius 3 is 2.24 bits per heavy atom. The van der Waals surface area contributed by atoms with Gasteiger partial charge in [0.15, 0.2) is 0 Å². The first-order valence-corrected chi connectivity index (χ1v) is 12.7. The number of hydrogen-bond acceptors (Lipinski definition) is 5. The van der Waals surface area contributed by atoms with Gasteiger partial charge in [-0.1, -0.05) is 0 Å². The fourth-order valence-corrected chi connectivity index (χ4v) is 6.49. The van der Waals surface area contributed by atoms with Crippen LogP contribution in [0.1, 0.15) is 34.3 Å². The molecule has 3 heterocycles. The lowest BCUT2D eigenvalue weighted by Gasteiger charge is -2.37. The third-order valence-electron chi connectivity index (χ3n) is 6.75. The Morgan fingerprint density at radius 1 is 0.909 bits per heavy atom. The number of carbonyl (C=O) groups excluding carboxylic acids is 2. The van der Waals surface area contributed by atoms with Crippen molar-refractivity contribution in [3.05, 3.63) is 53.1 Å². The van der Waals surface area contributed by atoms with Gasteiger partial charge >= 0.3 is 0 Å². The average Bonchev–Trinajstić information content (AvgIpc) is 2.85. The Morgan fingerprint density at radius 2 is 1.58 bits per heavy atom. The number of rotatable bonds is 4. The topological polar surface area (TPSA) is 87.2 Å². The number of hydrogen-bond donors (Lipinski definition) is 0. The van der Waals surface area contributed by atoms with Crippen LogP contribution in [-0.2, 0) is 27.7 Å². The molecule has 2 amide bonds. The molecule has 0 unspecified atom stereocenters. The predicted octanol–water partition coefficient (Wildman–Crippen LogP) is 2.07. The van der Waals surface area contributed by atoms with Gasteiger partial charge in [-0.3, -0.25) is 9.59 Å². The largest absolute Gasteiger partial charge is 0.497 e. The number of piperazine rings is 1. The molecule has 0 aromatic heterocycles. The van der Waals surface area contributed by atoms with Crippen LogP contribution in [0.5, 0.6) is 5.75 Å². The summed E-state index contributed by atoms with van der Waals surface area (Å²) in [6, 6.07) is 10.4. The van der Waals surface area contributed by atoms with E-state index >= 15 is 0 Å². The van der Waals surface area contributed by atoms with Crippen molar-refractivity contribution in [2.24, 2.45) is 0 Å². The lowest BCUT2D eigenvalue weighted by Crippen LogP contribution is -2.50. The first-order valence-electron chi connectivity index (χ1n) is 11.3. The Hall–Kier alpha value is -2.91. The van der Waals surface area contributed by atoms with E-state index in [-0.39, 0.29) is 24.9 Å². The van der Waals surface area contributed by atoms with Gasteiger partial charge in [0, 0.05) is 44.7 Å². The monoisotopic (exact) mass is 469 g/mol. The highest BCUT2D eigenvalue weighted by Gasteiger charge is 2.34. The summed E-state index contributed by atoms with van der Waals surface area (Å²) in [5.41, 5.74) is 3.36.